The largest absolute Gasteiger partial charge is 0.375 e. The van der Waals surface area contributed by atoms with Crippen molar-refractivity contribution in [3.8, 4) is 0 Å². The molecule has 7 heteroatoms. The summed E-state index contributed by atoms with van der Waals surface area (Å²) in [7, 11) is 1.61. The minimum absolute atomic E-state index is 0.0290. The maximum Gasteiger partial charge on any atom is 0.319 e. The highest BCUT2D eigenvalue weighted by Gasteiger charge is 2.40. The second-order valence-electron chi connectivity index (χ2n) is 6.38. The van der Waals surface area contributed by atoms with Crippen molar-refractivity contribution >= 4 is 23.5 Å². The van der Waals surface area contributed by atoms with Crippen LogP contribution < -0.4 is 5.32 Å². The Hall–Kier alpha value is -1.79. The van der Waals surface area contributed by atoms with E-state index >= 15 is 0 Å². The minimum Gasteiger partial charge on any atom is -0.375 e. The predicted molar refractivity (Wildman–Crippen MR) is 90.6 cm³/mol. The SMILES string of the molecule is COC(c1ccc(Cl)cc1)C(C)NC(=O)N1CC(=O)N(C2CC2)C1. The summed E-state index contributed by atoms with van der Waals surface area (Å²) in [4.78, 5) is 27.8. The lowest BCUT2D eigenvalue weighted by Gasteiger charge is -2.26. The summed E-state index contributed by atoms with van der Waals surface area (Å²) < 4.78 is 5.54. The van der Waals surface area contributed by atoms with E-state index in [1.165, 1.54) is 0 Å². The highest BCUT2D eigenvalue weighted by atomic mass is 35.5. The molecule has 1 saturated heterocycles. The lowest BCUT2D eigenvalue weighted by molar-refractivity contribution is -0.127. The first-order valence-electron chi connectivity index (χ1n) is 8.12. The molecule has 24 heavy (non-hydrogen) atoms. The van der Waals surface area contributed by atoms with E-state index < -0.39 is 0 Å². The van der Waals surface area contributed by atoms with Gasteiger partial charge in [-0.3, -0.25) is 9.69 Å². The van der Waals surface area contributed by atoms with E-state index in [9.17, 15) is 9.59 Å². The number of nitrogens with zero attached hydrogens (tertiary/aromatic N) is 2. The normalized spacial score (nSPS) is 20.2. The van der Waals surface area contributed by atoms with Gasteiger partial charge < -0.3 is 15.0 Å². The zero-order chi connectivity index (χ0) is 17.3. The van der Waals surface area contributed by atoms with Gasteiger partial charge in [0.15, 0.2) is 0 Å². The lowest BCUT2D eigenvalue weighted by atomic mass is 10.0. The monoisotopic (exact) mass is 351 g/mol. The molecule has 2 aliphatic rings. The van der Waals surface area contributed by atoms with Gasteiger partial charge in [-0.2, -0.15) is 0 Å². The third kappa shape index (κ3) is 3.65. The Balaban J connectivity index is 1.60. The summed E-state index contributed by atoms with van der Waals surface area (Å²) >= 11 is 5.91. The highest BCUT2D eigenvalue weighted by Crippen LogP contribution is 2.29. The Morgan fingerprint density at radius 2 is 2.00 bits per heavy atom. The molecule has 1 aliphatic carbocycles. The number of ether oxygens (including phenoxy) is 1. The van der Waals surface area contributed by atoms with Gasteiger partial charge >= 0.3 is 6.03 Å². The number of urea groups is 1. The molecule has 1 N–H and O–H groups in total. The van der Waals surface area contributed by atoms with Crippen LogP contribution in [0.25, 0.3) is 0 Å². The van der Waals surface area contributed by atoms with Crippen molar-refractivity contribution < 1.29 is 14.3 Å². The number of benzene rings is 1. The van der Waals surface area contributed by atoms with Crippen molar-refractivity contribution in [2.75, 3.05) is 20.3 Å². The molecule has 1 saturated carbocycles. The number of rotatable bonds is 5. The molecule has 0 spiro atoms. The number of methoxy groups -OCH3 is 1. The number of halogens is 1. The molecule has 3 rings (SSSR count). The van der Waals surface area contributed by atoms with Crippen LogP contribution in [0.1, 0.15) is 31.4 Å². The highest BCUT2D eigenvalue weighted by molar-refractivity contribution is 6.30. The molecule has 1 aromatic carbocycles. The Bertz CT molecular complexity index is 618. The molecule has 3 amide bonds. The van der Waals surface area contributed by atoms with Crippen LogP contribution in [-0.2, 0) is 9.53 Å². The van der Waals surface area contributed by atoms with Gasteiger partial charge in [0.2, 0.25) is 5.91 Å². The molecule has 0 aromatic heterocycles. The van der Waals surface area contributed by atoms with Crippen LogP contribution in [-0.4, -0.2) is 54.1 Å². The standard InChI is InChI=1S/C17H22ClN3O3/c1-11(16(24-2)12-3-5-13(18)6-4-12)19-17(23)20-9-15(22)21(10-20)14-7-8-14/h3-6,11,14,16H,7-10H2,1-2H3,(H,19,23). The van der Waals surface area contributed by atoms with E-state index in [1.807, 2.05) is 19.1 Å². The Labute approximate surface area is 146 Å². The second kappa shape index (κ2) is 6.99. The topological polar surface area (TPSA) is 61.9 Å². The summed E-state index contributed by atoms with van der Waals surface area (Å²) in [6.07, 6.45) is 1.80. The number of carbonyl (C=O) groups excluding carboxylic acids is 2. The van der Waals surface area contributed by atoms with Crippen molar-refractivity contribution in [1.82, 2.24) is 15.1 Å². The van der Waals surface area contributed by atoms with Crippen LogP contribution in [0.2, 0.25) is 5.02 Å². The van der Waals surface area contributed by atoms with Crippen LogP contribution in [0.3, 0.4) is 0 Å². The average Bonchev–Trinajstić information content (AvgIpc) is 3.32. The molecule has 1 aliphatic heterocycles. The van der Waals surface area contributed by atoms with Crippen molar-refractivity contribution in [2.24, 2.45) is 0 Å². The Morgan fingerprint density at radius 1 is 1.33 bits per heavy atom. The van der Waals surface area contributed by atoms with Gasteiger partial charge in [-0.15, -0.1) is 0 Å². The fraction of sp³-hybridized carbons (Fsp3) is 0.529. The summed E-state index contributed by atoms with van der Waals surface area (Å²) in [6.45, 7) is 2.41. The van der Waals surface area contributed by atoms with E-state index in [4.69, 9.17) is 16.3 Å². The number of hydrogen-bond donors (Lipinski definition) is 1. The average molecular weight is 352 g/mol. The molecule has 0 radical (unpaired) electrons. The van der Waals surface area contributed by atoms with E-state index in [0.717, 1.165) is 18.4 Å². The van der Waals surface area contributed by atoms with Crippen molar-refractivity contribution in [1.29, 1.82) is 0 Å². The van der Waals surface area contributed by atoms with Gasteiger partial charge in [0, 0.05) is 18.2 Å². The van der Waals surface area contributed by atoms with Gasteiger partial charge in [-0.25, -0.2) is 4.79 Å². The lowest BCUT2D eigenvalue weighted by Crippen LogP contribution is -2.46. The first kappa shape index (κ1) is 17.0. The predicted octanol–water partition coefficient (Wildman–Crippen LogP) is 2.39. The molecular formula is C17H22ClN3O3. The minimum atomic E-state index is -0.288. The smallest absolute Gasteiger partial charge is 0.319 e. The molecule has 1 heterocycles. The zero-order valence-corrected chi connectivity index (χ0v) is 14.6. The maximum absolute atomic E-state index is 12.5. The van der Waals surface area contributed by atoms with E-state index in [-0.39, 0.29) is 30.6 Å². The molecule has 2 unspecified atom stereocenters. The van der Waals surface area contributed by atoms with Crippen LogP contribution in [0, 0.1) is 0 Å². The van der Waals surface area contributed by atoms with Gasteiger partial charge in [-0.1, -0.05) is 23.7 Å². The van der Waals surface area contributed by atoms with Crippen LogP contribution in [0.5, 0.6) is 0 Å². The van der Waals surface area contributed by atoms with Crippen molar-refractivity contribution in [3.63, 3.8) is 0 Å². The summed E-state index contributed by atoms with van der Waals surface area (Å²) in [6, 6.07) is 7.20. The number of amides is 3. The first-order chi connectivity index (χ1) is 11.5. The fourth-order valence-electron chi connectivity index (χ4n) is 3.05. The first-order valence-corrected chi connectivity index (χ1v) is 8.50. The van der Waals surface area contributed by atoms with Crippen molar-refractivity contribution in [3.05, 3.63) is 34.9 Å². The van der Waals surface area contributed by atoms with E-state index in [0.29, 0.717) is 17.7 Å². The van der Waals surface area contributed by atoms with E-state index in [1.54, 1.807) is 29.0 Å². The molecule has 2 atom stereocenters. The van der Waals surface area contributed by atoms with Crippen LogP contribution >= 0.6 is 11.6 Å². The molecule has 1 aromatic rings. The molecule has 130 valence electrons. The molecule has 6 nitrogen and oxygen atoms in total. The zero-order valence-electron chi connectivity index (χ0n) is 13.9. The molecule has 2 fully saturated rings. The summed E-state index contributed by atoms with van der Waals surface area (Å²) in [5, 5.41) is 3.59. The number of carbonyl (C=O) groups is 2. The third-order valence-corrected chi connectivity index (χ3v) is 4.75. The number of hydrogen-bond acceptors (Lipinski definition) is 3. The quantitative estimate of drug-likeness (QED) is 0.886. The van der Waals surface area contributed by atoms with Gasteiger partial charge in [0.1, 0.15) is 12.6 Å². The Morgan fingerprint density at radius 3 is 2.58 bits per heavy atom. The van der Waals surface area contributed by atoms with Crippen LogP contribution in [0.4, 0.5) is 4.79 Å². The fourth-order valence-corrected chi connectivity index (χ4v) is 3.18. The van der Waals surface area contributed by atoms with Crippen LogP contribution in [0.15, 0.2) is 24.3 Å². The van der Waals surface area contributed by atoms with Gasteiger partial charge in [-0.05, 0) is 37.5 Å². The maximum atomic E-state index is 12.5. The molecular weight excluding hydrogens is 330 g/mol. The van der Waals surface area contributed by atoms with Crippen molar-refractivity contribution in [2.45, 2.75) is 38.0 Å². The van der Waals surface area contributed by atoms with Gasteiger partial charge in [0.05, 0.1) is 12.7 Å². The number of nitrogens with one attached hydrogen (secondary N) is 1. The third-order valence-electron chi connectivity index (χ3n) is 4.50. The second-order valence-corrected chi connectivity index (χ2v) is 6.82. The van der Waals surface area contributed by atoms with Gasteiger partial charge in [0.25, 0.3) is 0 Å². The molecule has 0 bridgehead atoms. The Kier molecular flexibility index (Phi) is 4.96. The summed E-state index contributed by atoms with van der Waals surface area (Å²) in [5.74, 6) is 0.0290. The summed E-state index contributed by atoms with van der Waals surface area (Å²) in [5.41, 5.74) is 0.937. The van der Waals surface area contributed by atoms with E-state index in [2.05, 4.69) is 5.32 Å².